The largest absolute Gasteiger partial charge is 0.341 e. The molecule has 2 aromatic carbocycles. The maximum atomic E-state index is 13.9. The first-order valence-electron chi connectivity index (χ1n) is 8.33. The molecule has 0 aliphatic heterocycles. The van der Waals surface area contributed by atoms with Gasteiger partial charge in [0, 0.05) is 13.6 Å². The number of rotatable bonds is 6. The van der Waals surface area contributed by atoms with Crippen molar-refractivity contribution in [2.24, 2.45) is 0 Å². The SMILES string of the molecule is Cc1ccc(CN(C)C(=O)CSc2nnc(-c3ccccc3F)n2N)cc1. The van der Waals surface area contributed by atoms with E-state index in [0.717, 1.165) is 5.56 Å². The predicted molar refractivity (Wildman–Crippen MR) is 104 cm³/mol. The van der Waals surface area contributed by atoms with Crippen molar-refractivity contribution >= 4 is 17.7 Å². The Morgan fingerprint density at radius 2 is 1.89 bits per heavy atom. The fourth-order valence-corrected chi connectivity index (χ4v) is 3.29. The summed E-state index contributed by atoms with van der Waals surface area (Å²) < 4.78 is 15.1. The van der Waals surface area contributed by atoms with E-state index in [2.05, 4.69) is 10.2 Å². The molecule has 3 rings (SSSR count). The van der Waals surface area contributed by atoms with Crippen LogP contribution in [-0.4, -0.2) is 38.5 Å². The Kier molecular flexibility index (Phi) is 5.75. The number of thioether (sulfide) groups is 1. The monoisotopic (exact) mass is 385 g/mol. The zero-order chi connectivity index (χ0) is 19.4. The summed E-state index contributed by atoms with van der Waals surface area (Å²) in [5.74, 6) is 5.88. The standard InChI is InChI=1S/C19H20FN5OS/c1-13-7-9-14(10-8-13)11-24(2)17(26)12-27-19-23-22-18(25(19)21)15-5-3-4-6-16(15)20/h3-10H,11-12,21H2,1-2H3. The van der Waals surface area contributed by atoms with Gasteiger partial charge in [-0.25, -0.2) is 9.07 Å². The first-order chi connectivity index (χ1) is 13.0. The molecule has 6 nitrogen and oxygen atoms in total. The van der Waals surface area contributed by atoms with Gasteiger partial charge in [-0.05, 0) is 24.6 Å². The van der Waals surface area contributed by atoms with Crippen LogP contribution in [0.25, 0.3) is 11.4 Å². The summed E-state index contributed by atoms with van der Waals surface area (Å²) >= 11 is 1.17. The van der Waals surface area contributed by atoms with Gasteiger partial charge in [-0.1, -0.05) is 53.7 Å². The number of hydrogen-bond donors (Lipinski definition) is 1. The number of nitrogens with zero attached hydrogens (tertiary/aromatic N) is 4. The Balaban J connectivity index is 1.62. The fourth-order valence-electron chi connectivity index (χ4n) is 2.49. The first-order valence-corrected chi connectivity index (χ1v) is 9.32. The van der Waals surface area contributed by atoms with Crippen LogP contribution in [0.15, 0.2) is 53.7 Å². The molecule has 1 heterocycles. The second-order valence-electron chi connectivity index (χ2n) is 6.18. The molecule has 1 amide bonds. The number of carbonyl (C=O) groups is 1. The van der Waals surface area contributed by atoms with Crippen LogP contribution >= 0.6 is 11.8 Å². The van der Waals surface area contributed by atoms with Gasteiger partial charge in [-0.15, -0.1) is 10.2 Å². The van der Waals surface area contributed by atoms with Gasteiger partial charge in [0.15, 0.2) is 5.82 Å². The van der Waals surface area contributed by atoms with Crippen molar-refractivity contribution in [3.63, 3.8) is 0 Å². The molecule has 2 N–H and O–H groups in total. The summed E-state index contributed by atoms with van der Waals surface area (Å²) in [6, 6.07) is 14.2. The number of aryl methyl sites for hydroxylation is 1. The van der Waals surface area contributed by atoms with E-state index in [1.54, 1.807) is 30.1 Å². The minimum Gasteiger partial charge on any atom is -0.341 e. The van der Waals surface area contributed by atoms with Crippen molar-refractivity contribution in [3.05, 3.63) is 65.5 Å². The predicted octanol–water partition coefficient (Wildman–Crippen LogP) is 2.86. The van der Waals surface area contributed by atoms with E-state index in [-0.39, 0.29) is 23.0 Å². The Morgan fingerprint density at radius 1 is 1.19 bits per heavy atom. The molecular formula is C19H20FN5OS. The molecule has 0 spiro atoms. The third kappa shape index (κ3) is 4.46. The molecule has 140 valence electrons. The maximum absolute atomic E-state index is 13.9. The third-order valence-electron chi connectivity index (χ3n) is 4.07. The second-order valence-corrected chi connectivity index (χ2v) is 7.12. The van der Waals surface area contributed by atoms with Crippen molar-refractivity contribution in [1.29, 1.82) is 0 Å². The van der Waals surface area contributed by atoms with Gasteiger partial charge in [0.1, 0.15) is 5.82 Å². The van der Waals surface area contributed by atoms with Crippen LogP contribution in [-0.2, 0) is 11.3 Å². The highest BCUT2D eigenvalue weighted by Gasteiger charge is 2.17. The van der Waals surface area contributed by atoms with Crippen molar-refractivity contribution < 1.29 is 9.18 Å². The van der Waals surface area contributed by atoms with Crippen LogP contribution in [0, 0.1) is 12.7 Å². The summed E-state index contributed by atoms with van der Waals surface area (Å²) in [5, 5.41) is 8.27. The maximum Gasteiger partial charge on any atom is 0.233 e. The normalized spacial score (nSPS) is 10.8. The van der Waals surface area contributed by atoms with E-state index in [4.69, 9.17) is 5.84 Å². The van der Waals surface area contributed by atoms with E-state index in [0.29, 0.717) is 11.7 Å². The van der Waals surface area contributed by atoms with Crippen LogP contribution in [0.5, 0.6) is 0 Å². The van der Waals surface area contributed by atoms with Gasteiger partial charge in [-0.3, -0.25) is 4.79 Å². The number of nitrogens with two attached hydrogens (primary N) is 1. The summed E-state index contributed by atoms with van der Waals surface area (Å²) in [7, 11) is 1.75. The van der Waals surface area contributed by atoms with Crippen LogP contribution in [0.3, 0.4) is 0 Å². The highest BCUT2D eigenvalue weighted by Crippen LogP contribution is 2.23. The molecule has 8 heteroatoms. The average molecular weight is 385 g/mol. The molecule has 0 radical (unpaired) electrons. The molecule has 1 aromatic heterocycles. The Hall–Kier alpha value is -2.87. The lowest BCUT2D eigenvalue weighted by Crippen LogP contribution is -2.28. The Bertz CT molecular complexity index is 942. The van der Waals surface area contributed by atoms with Gasteiger partial charge < -0.3 is 10.7 Å². The van der Waals surface area contributed by atoms with E-state index in [9.17, 15) is 9.18 Å². The minimum atomic E-state index is -0.429. The lowest BCUT2D eigenvalue weighted by atomic mass is 10.1. The number of carbonyl (C=O) groups excluding carboxylic acids is 1. The summed E-state index contributed by atoms with van der Waals surface area (Å²) in [6.07, 6.45) is 0. The van der Waals surface area contributed by atoms with E-state index >= 15 is 0 Å². The first kappa shape index (κ1) is 18.9. The highest BCUT2D eigenvalue weighted by molar-refractivity contribution is 7.99. The number of aromatic nitrogens is 3. The van der Waals surface area contributed by atoms with Gasteiger partial charge in [0.2, 0.25) is 11.1 Å². The van der Waals surface area contributed by atoms with Gasteiger partial charge in [0.05, 0.1) is 11.3 Å². The summed E-state index contributed by atoms with van der Waals surface area (Å²) in [5.41, 5.74) is 2.50. The molecule has 3 aromatic rings. The van der Waals surface area contributed by atoms with Gasteiger partial charge in [-0.2, -0.15) is 0 Å². The van der Waals surface area contributed by atoms with Crippen LogP contribution in [0.1, 0.15) is 11.1 Å². The number of hydrogen-bond acceptors (Lipinski definition) is 5. The van der Waals surface area contributed by atoms with Crippen molar-refractivity contribution in [2.75, 3.05) is 18.6 Å². The lowest BCUT2D eigenvalue weighted by molar-refractivity contribution is -0.127. The topological polar surface area (TPSA) is 77.0 Å². The highest BCUT2D eigenvalue weighted by atomic mass is 32.2. The Morgan fingerprint density at radius 3 is 2.59 bits per heavy atom. The molecule has 0 atom stereocenters. The van der Waals surface area contributed by atoms with Gasteiger partial charge >= 0.3 is 0 Å². The molecular weight excluding hydrogens is 365 g/mol. The number of halogens is 1. The fraction of sp³-hybridized carbons (Fsp3) is 0.211. The third-order valence-corrected chi connectivity index (χ3v) is 5.00. The molecule has 0 aliphatic rings. The molecule has 0 saturated heterocycles. The quantitative estimate of drug-likeness (QED) is 0.522. The van der Waals surface area contributed by atoms with Crippen molar-refractivity contribution in [3.8, 4) is 11.4 Å². The second kappa shape index (κ2) is 8.22. The van der Waals surface area contributed by atoms with Crippen LogP contribution in [0.4, 0.5) is 4.39 Å². The summed E-state index contributed by atoms with van der Waals surface area (Å²) in [6.45, 7) is 2.54. The molecule has 0 unspecified atom stereocenters. The lowest BCUT2D eigenvalue weighted by Gasteiger charge is -2.17. The molecule has 0 aliphatic carbocycles. The molecule has 0 bridgehead atoms. The smallest absolute Gasteiger partial charge is 0.233 e. The van der Waals surface area contributed by atoms with E-state index in [1.807, 2.05) is 31.2 Å². The van der Waals surface area contributed by atoms with E-state index < -0.39 is 5.82 Å². The molecule has 0 saturated carbocycles. The van der Waals surface area contributed by atoms with Gasteiger partial charge in [0.25, 0.3) is 0 Å². The Labute approximate surface area is 161 Å². The zero-order valence-corrected chi connectivity index (χ0v) is 15.9. The van der Waals surface area contributed by atoms with Crippen molar-refractivity contribution in [2.45, 2.75) is 18.6 Å². The average Bonchev–Trinajstić information content (AvgIpc) is 3.02. The zero-order valence-electron chi connectivity index (χ0n) is 15.1. The number of nitrogen functional groups attached to an aromatic ring is 1. The minimum absolute atomic E-state index is 0.0592. The summed E-state index contributed by atoms with van der Waals surface area (Å²) in [4.78, 5) is 14.0. The number of benzene rings is 2. The molecule has 0 fully saturated rings. The molecule has 27 heavy (non-hydrogen) atoms. The number of amides is 1. The van der Waals surface area contributed by atoms with Crippen LogP contribution < -0.4 is 5.84 Å². The van der Waals surface area contributed by atoms with Crippen LogP contribution in [0.2, 0.25) is 0 Å². The van der Waals surface area contributed by atoms with E-state index in [1.165, 1.54) is 28.1 Å². The van der Waals surface area contributed by atoms with Crippen molar-refractivity contribution in [1.82, 2.24) is 19.8 Å².